The highest BCUT2D eigenvalue weighted by atomic mass is 14.7. The average molecular weight is 190 g/mol. The SMILES string of the molecule is C=C(C)CC(N)CCc1ccccn1. The third-order valence-corrected chi connectivity index (χ3v) is 2.11. The van der Waals surface area contributed by atoms with E-state index < -0.39 is 0 Å². The van der Waals surface area contributed by atoms with Gasteiger partial charge in [-0.05, 0) is 38.3 Å². The van der Waals surface area contributed by atoms with E-state index in [4.69, 9.17) is 5.73 Å². The van der Waals surface area contributed by atoms with Gasteiger partial charge in [-0.15, -0.1) is 6.58 Å². The summed E-state index contributed by atoms with van der Waals surface area (Å²) in [7, 11) is 0. The first-order valence-corrected chi connectivity index (χ1v) is 4.98. The van der Waals surface area contributed by atoms with Gasteiger partial charge in [-0.2, -0.15) is 0 Å². The summed E-state index contributed by atoms with van der Waals surface area (Å²) in [5, 5.41) is 0. The summed E-state index contributed by atoms with van der Waals surface area (Å²) in [4.78, 5) is 4.25. The zero-order chi connectivity index (χ0) is 10.4. The van der Waals surface area contributed by atoms with Gasteiger partial charge in [0.15, 0.2) is 0 Å². The van der Waals surface area contributed by atoms with Crippen LogP contribution < -0.4 is 5.73 Å². The van der Waals surface area contributed by atoms with Crippen LogP contribution in [-0.2, 0) is 6.42 Å². The Morgan fingerprint density at radius 1 is 1.57 bits per heavy atom. The van der Waals surface area contributed by atoms with E-state index in [2.05, 4.69) is 11.6 Å². The molecule has 0 radical (unpaired) electrons. The van der Waals surface area contributed by atoms with Gasteiger partial charge in [0.1, 0.15) is 0 Å². The number of aryl methyl sites for hydroxylation is 1. The highest BCUT2D eigenvalue weighted by Crippen LogP contribution is 2.06. The lowest BCUT2D eigenvalue weighted by atomic mass is 10.0. The van der Waals surface area contributed by atoms with Crippen molar-refractivity contribution >= 4 is 0 Å². The Kier molecular flexibility index (Phi) is 4.33. The molecule has 2 heteroatoms. The third kappa shape index (κ3) is 4.19. The topological polar surface area (TPSA) is 38.9 Å². The van der Waals surface area contributed by atoms with E-state index >= 15 is 0 Å². The molecule has 76 valence electrons. The minimum atomic E-state index is 0.217. The van der Waals surface area contributed by atoms with Crippen LogP contribution in [0.25, 0.3) is 0 Å². The molecule has 1 unspecified atom stereocenters. The van der Waals surface area contributed by atoms with Crippen LogP contribution in [0.15, 0.2) is 36.5 Å². The van der Waals surface area contributed by atoms with Gasteiger partial charge in [0.25, 0.3) is 0 Å². The van der Waals surface area contributed by atoms with Gasteiger partial charge >= 0.3 is 0 Å². The molecule has 1 aromatic rings. The molecule has 0 aliphatic carbocycles. The minimum Gasteiger partial charge on any atom is -0.327 e. The van der Waals surface area contributed by atoms with Crippen LogP contribution in [0.1, 0.15) is 25.5 Å². The molecule has 0 aliphatic heterocycles. The number of rotatable bonds is 5. The average Bonchev–Trinajstić information content (AvgIpc) is 2.15. The van der Waals surface area contributed by atoms with Crippen molar-refractivity contribution in [2.45, 2.75) is 32.2 Å². The van der Waals surface area contributed by atoms with E-state index in [1.165, 1.54) is 0 Å². The van der Waals surface area contributed by atoms with E-state index in [0.717, 1.165) is 30.5 Å². The third-order valence-electron chi connectivity index (χ3n) is 2.11. The van der Waals surface area contributed by atoms with Crippen LogP contribution in [0.4, 0.5) is 0 Å². The molecule has 2 nitrogen and oxygen atoms in total. The lowest BCUT2D eigenvalue weighted by molar-refractivity contribution is 0.603. The van der Waals surface area contributed by atoms with E-state index in [9.17, 15) is 0 Å². The van der Waals surface area contributed by atoms with Crippen molar-refractivity contribution in [1.29, 1.82) is 0 Å². The zero-order valence-electron chi connectivity index (χ0n) is 8.74. The Bertz CT molecular complexity index is 280. The van der Waals surface area contributed by atoms with Crippen molar-refractivity contribution in [3.63, 3.8) is 0 Å². The Labute approximate surface area is 85.9 Å². The maximum absolute atomic E-state index is 5.93. The minimum absolute atomic E-state index is 0.217. The van der Waals surface area contributed by atoms with Crippen molar-refractivity contribution in [2.75, 3.05) is 0 Å². The fraction of sp³-hybridized carbons (Fsp3) is 0.417. The molecular weight excluding hydrogens is 172 g/mol. The molecule has 0 bridgehead atoms. The summed E-state index contributed by atoms with van der Waals surface area (Å²) in [5.41, 5.74) is 8.20. The summed E-state index contributed by atoms with van der Waals surface area (Å²) in [5.74, 6) is 0. The van der Waals surface area contributed by atoms with Gasteiger partial charge < -0.3 is 5.73 Å². The maximum atomic E-state index is 5.93. The van der Waals surface area contributed by atoms with Crippen LogP contribution in [0.5, 0.6) is 0 Å². The summed E-state index contributed by atoms with van der Waals surface area (Å²) in [6.45, 7) is 5.87. The lowest BCUT2D eigenvalue weighted by Gasteiger charge is -2.10. The Balaban J connectivity index is 2.30. The van der Waals surface area contributed by atoms with E-state index in [0.29, 0.717) is 0 Å². The van der Waals surface area contributed by atoms with Crippen LogP contribution in [0.3, 0.4) is 0 Å². The highest BCUT2D eigenvalue weighted by Gasteiger charge is 2.03. The summed E-state index contributed by atoms with van der Waals surface area (Å²) < 4.78 is 0. The van der Waals surface area contributed by atoms with Gasteiger partial charge in [0, 0.05) is 17.9 Å². The van der Waals surface area contributed by atoms with Crippen LogP contribution >= 0.6 is 0 Å². The molecule has 1 aromatic heterocycles. The molecule has 14 heavy (non-hydrogen) atoms. The van der Waals surface area contributed by atoms with Gasteiger partial charge in [-0.25, -0.2) is 0 Å². The van der Waals surface area contributed by atoms with Crippen molar-refractivity contribution < 1.29 is 0 Å². The largest absolute Gasteiger partial charge is 0.327 e. The summed E-state index contributed by atoms with van der Waals surface area (Å²) in [6.07, 6.45) is 4.66. The molecule has 0 saturated carbocycles. The van der Waals surface area contributed by atoms with Crippen molar-refractivity contribution in [1.82, 2.24) is 4.98 Å². The molecule has 0 spiro atoms. The number of nitrogens with zero attached hydrogens (tertiary/aromatic N) is 1. The molecule has 1 heterocycles. The molecular formula is C12H18N2. The van der Waals surface area contributed by atoms with Gasteiger partial charge in [0.2, 0.25) is 0 Å². The first-order chi connectivity index (χ1) is 6.68. The molecule has 0 aliphatic rings. The van der Waals surface area contributed by atoms with Crippen molar-refractivity contribution in [3.8, 4) is 0 Å². The second-order valence-corrected chi connectivity index (χ2v) is 3.78. The lowest BCUT2D eigenvalue weighted by Crippen LogP contribution is -2.20. The number of pyridine rings is 1. The number of hydrogen-bond donors (Lipinski definition) is 1. The monoisotopic (exact) mass is 190 g/mol. The second kappa shape index (κ2) is 5.55. The Morgan fingerprint density at radius 2 is 2.36 bits per heavy atom. The van der Waals surface area contributed by atoms with E-state index in [-0.39, 0.29) is 6.04 Å². The predicted octanol–water partition coefficient (Wildman–Crippen LogP) is 2.31. The molecule has 2 N–H and O–H groups in total. The number of hydrogen-bond acceptors (Lipinski definition) is 2. The van der Waals surface area contributed by atoms with E-state index in [1.54, 1.807) is 0 Å². The molecule has 1 rings (SSSR count). The fourth-order valence-electron chi connectivity index (χ4n) is 1.43. The van der Waals surface area contributed by atoms with Gasteiger partial charge in [0.05, 0.1) is 0 Å². The smallest absolute Gasteiger partial charge is 0.0404 e. The first kappa shape index (κ1) is 10.9. The first-order valence-electron chi connectivity index (χ1n) is 4.98. The normalized spacial score (nSPS) is 12.4. The number of aromatic nitrogens is 1. The molecule has 0 amide bonds. The molecule has 1 atom stereocenters. The summed E-state index contributed by atoms with van der Waals surface area (Å²) >= 11 is 0. The van der Waals surface area contributed by atoms with E-state index in [1.807, 2.05) is 31.3 Å². The van der Waals surface area contributed by atoms with Crippen LogP contribution in [-0.4, -0.2) is 11.0 Å². The van der Waals surface area contributed by atoms with Gasteiger partial charge in [-0.1, -0.05) is 11.6 Å². The van der Waals surface area contributed by atoms with Crippen LogP contribution in [0.2, 0.25) is 0 Å². The maximum Gasteiger partial charge on any atom is 0.0404 e. The quantitative estimate of drug-likeness (QED) is 0.724. The Morgan fingerprint density at radius 3 is 2.93 bits per heavy atom. The Hall–Kier alpha value is -1.15. The standard InChI is InChI=1S/C12H18N2/c1-10(2)9-11(13)6-7-12-5-3-4-8-14-12/h3-5,8,11H,1,6-7,9,13H2,2H3. The highest BCUT2D eigenvalue weighted by molar-refractivity contribution is 5.04. The summed E-state index contributed by atoms with van der Waals surface area (Å²) in [6, 6.07) is 6.19. The van der Waals surface area contributed by atoms with Crippen molar-refractivity contribution in [2.24, 2.45) is 5.73 Å². The molecule has 0 fully saturated rings. The van der Waals surface area contributed by atoms with Crippen molar-refractivity contribution in [3.05, 3.63) is 42.2 Å². The molecule has 0 saturated heterocycles. The van der Waals surface area contributed by atoms with Gasteiger partial charge in [-0.3, -0.25) is 4.98 Å². The zero-order valence-corrected chi connectivity index (χ0v) is 8.74. The molecule has 0 aromatic carbocycles. The number of nitrogens with two attached hydrogens (primary N) is 1. The fourth-order valence-corrected chi connectivity index (χ4v) is 1.43. The second-order valence-electron chi connectivity index (χ2n) is 3.78. The van der Waals surface area contributed by atoms with Crippen LogP contribution in [0, 0.1) is 0 Å². The predicted molar refractivity (Wildman–Crippen MR) is 60.0 cm³/mol.